The second-order valence-corrected chi connectivity index (χ2v) is 7.81. The monoisotopic (exact) mass is 380 g/mol. The molecular formula is C21H34NO5+. The summed E-state index contributed by atoms with van der Waals surface area (Å²) in [6.07, 6.45) is 4.24. The molecule has 0 N–H and O–H groups in total. The Morgan fingerprint density at radius 3 is 2.11 bits per heavy atom. The molecule has 152 valence electrons. The molecule has 0 bridgehead atoms. The van der Waals surface area contributed by atoms with E-state index < -0.39 is 0 Å². The first-order valence-electron chi connectivity index (χ1n) is 9.96. The molecular weight excluding hydrogens is 346 g/mol. The minimum atomic E-state index is -0.127. The van der Waals surface area contributed by atoms with E-state index in [2.05, 4.69) is 14.0 Å². The van der Waals surface area contributed by atoms with Gasteiger partial charge in [-0.1, -0.05) is 0 Å². The van der Waals surface area contributed by atoms with Crippen LogP contribution >= 0.6 is 0 Å². The van der Waals surface area contributed by atoms with Crippen LogP contribution in [0.3, 0.4) is 0 Å². The van der Waals surface area contributed by atoms with E-state index in [-0.39, 0.29) is 12.4 Å². The predicted octanol–water partition coefficient (Wildman–Crippen LogP) is 3.54. The van der Waals surface area contributed by atoms with E-state index in [9.17, 15) is 0 Å². The summed E-state index contributed by atoms with van der Waals surface area (Å²) in [5.74, 6) is 1.92. The summed E-state index contributed by atoms with van der Waals surface area (Å²) in [5.41, 5.74) is 1.04. The number of hydrogen-bond acceptors (Lipinski definition) is 5. The number of methoxy groups -OCH3 is 3. The second-order valence-electron chi connectivity index (χ2n) is 7.81. The summed E-state index contributed by atoms with van der Waals surface area (Å²) in [6.45, 7) is 5.83. The fourth-order valence-corrected chi connectivity index (χ4v) is 4.07. The van der Waals surface area contributed by atoms with Crippen molar-refractivity contribution in [2.45, 2.75) is 51.1 Å². The van der Waals surface area contributed by atoms with Gasteiger partial charge >= 0.3 is 0 Å². The van der Waals surface area contributed by atoms with Gasteiger partial charge < -0.3 is 28.2 Å². The van der Waals surface area contributed by atoms with Crippen molar-refractivity contribution < 1.29 is 28.2 Å². The Morgan fingerprint density at radius 2 is 1.59 bits per heavy atom. The van der Waals surface area contributed by atoms with Crippen LogP contribution in [0.1, 0.15) is 44.3 Å². The first-order valence-corrected chi connectivity index (χ1v) is 9.96. The Kier molecular flexibility index (Phi) is 6.50. The van der Waals surface area contributed by atoms with Crippen LogP contribution in [0.15, 0.2) is 12.1 Å². The lowest BCUT2D eigenvalue weighted by molar-refractivity contribution is -0.913. The molecule has 1 aromatic rings. The molecule has 0 aliphatic carbocycles. The number of hydrogen-bond donors (Lipinski definition) is 0. The molecule has 2 unspecified atom stereocenters. The van der Waals surface area contributed by atoms with Crippen LogP contribution in [0, 0.1) is 0 Å². The fourth-order valence-electron chi connectivity index (χ4n) is 4.07. The van der Waals surface area contributed by atoms with Crippen LogP contribution in [0.4, 0.5) is 0 Å². The lowest BCUT2D eigenvalue weighted by Crippen LogP contribution is -2.51. The maximum atomic E-state index is 6.28. The van der Waals surface area contributed by atoms with Gasteiger partial charge in [-0.15, -0.1) is 0 Å². The maximum absolute atomic E-state index is 6.28. The Hall–Kier alpha value is -1.50. The van der Waals surface area contributed by atoms with E-state index in [1.165, 1.54) is 19.6 Å². The molecule has 2 fully saturated rings. The quantitative estimate of drug-likeness (QED) is 0.677. The molecule has 6 nitrogen and oxygen atoms in total. The Balaban J connectivity index is 1.61. The summed E-state index contributed by atoms with van der Waals surface area (Å²) in [7, 11) is 7.22. The zero-order valence-electron chi connectivity index (χ0n) is 17.3. The van der Waals surface area contributed by atoms with Gasteiger partial charge in [0, 0.05) is 19.3 Å². The maximum Gasteiger partial charge on any atom is 0.203 e. The predicted molar refractivity (Wildman–Crippen MR) is 104 cm³/mol. The topological polar surface area (TPSA) is 46.2 Å². The van der Waals surface area contributed by atoms with Crippen molar-refractivity contribution in [3.05, 3.63) is 17.7 Å². The third kappa shape index (κ3) is 4.50. The van der Waals surface area contributed by atoms with Gasteiger partial charge in [-0.05, 0) is 31.0 Å². The lowest BCUT2D eigenvalue weighted by Gasteiger charge is -2.40. The van der Waals surface area contributed by atoms with Crippen molar-refractivity contribution in [2.24, 2.45) is 0 Å². The molecule has 2 saturated heterocycles. The number of benzene rings is 1. The van der Waals surface area contributed by atoms with Crippen molar-refractivity contribution in [1.29, 1.82) is 0 Å². The summed E-state index contributed by atoms with van der Waals surface area (Å²) in [5, 5.41) is 0. The van der Waals surface area contributed by atoms with Crippen LogP contribution in [-0.2, 0) is 9.47 Å². The highest BCUT2D eigenvalue weighted by atomic mass is 16.7. The molecule has 0 amide bonds. The highest BCUT2D eigenvalue weighted by Crippen LogP contribution is 2.43. The summed E-state index contributed by atoms with van der Waals surface area (Å²) < 4.78 is 30.0. The smallest absolute Gasteiger partial charge is 0.203 e. The number of piperidine rings is 1. The zero-order valence-corrected chi connectivity index (χ0v) is 17.3. The van der Waals surface area contributed by atoms with Gasteiger partial charge in [0.05, 0.1) is 60.2 Å². The van der Waals surface area contributed by atoms with Crippen molar-refractivity contribution >= 4 is 0 Å². The van der Waals surface area contributed by atoms with Crippen molar-refractivity contribution in [2.75, 3.05) is 48.0 Å². The summed E-state index contributed by atoms with van der Waals surface area (Å²) >= 11 is 0. The molecule has 0 spiro atoms. The van der Waals surface area contributed by atoms with Crippen LogP contribution in [-0.4, -0.2) is 64.9 Å². The number of nitrogens with zero attached hydrogens (tertiary/aromatic N) is 1. The van der Waals surface area contributed by atoms with Gasteiger partial charge in [-0.2, -0.15) is 0 Å². The molecule has 27 heavy (non-hydrogen) atoms. The van der Waals surface area contributed by atoms with Gasteiger partial charge in [0.25, 0.3) is 0 Å². The van der Waals surface area contributed by atoms with Crippen LogP contribution in [0.25, 0.3) is 0 Å². The Morgan fingerprint density at radius 1 is 0.963 bits per heavy atom. The average Bonchev–Trinajstić information content (AvgIpc) is 3.17. The van der Waals surface area contributed by atoms with Gasteiger partial charge in [-0.3, -0.25) is 0 Å². The molecule has 1 aromatic carbocycles. The molecule has 2 aliphatic heterocycles. The SMILES string of the molecule is CC[N+]1(C)CCC(OC2CCC(c3cc(OC)c(OC)c(OC)c3)O2)CC1. The molecule has 2 atom stereocenters. The van der Waals surface area contributed by atoms with E-state index in [1.54, 1.807) is 21.3 Å². The Labute approximate surface area is 162 Å². The molecule has 0 aromatic heterocycles. The van der Waals surface area contributed by atoms with E-state index in [0.717, 1.165) is 35.7 Å². The van der Waals surface area contributed by atoms with Gasteiger partial charge in [0.2, 0.25) is 5.75 Å². The molecule has 0 saturated carbocycles. The number of rotatable bonds is 7. The minimum Gasteiger partial charge on any atom is -0.493 e. The lowest BCUT2D eigenvalue weighted by atomic mass is 10.0. The molecule has 3 rings (SSSR count). The van der Waals surface area contributed by atoms with Gasteiger partial charge in [0.15, 0.2) is 17.8 Å². The standard InChI is InChI=1S/C21H34NO5/c1-6-22(2)11-9-16(10-12-22)26-20-8-7-17(27-20)15-13-18(23-3)21(25-5)19(14-15)24-4/h13-14,16-17,20H,6-12H2,1-5H3/q+1. The summed E-state index contributed by atoms with van der Waals surface area (Å²) in [6, 6.07) is 3.94. The highest BCUT2D eigenvalue weighted by Gasteiger charge is 2.34. The van der Waals surface area contributed by atoms with Crippen molar-refractivity contribution in [3.8, 4) is 17.2 Å². The van der Waals surface area contributed by atoms with E-state index in [0.29, 0.717) is 23.4 Å². The van der Waals surface area contributed by atoms with E-state index >= 15 is 0 Å². The Bertz CT molecular complexity index is 602. The average molecular weight is 381 g/mol. The molecule has 2 heterocycles. The fraction of sp³-hybridized carbons (Fsp3) is 0.714. The largest absolute Gasteiger partial charge is 0.493 e. The minimum absolute atomic E-state index is 0.0102. The number of likely N-dealkylation sites (tertiary alicyclic amines) is 1. The summed E-state index contributed by atoms with van der Waals surface area (Å²) in [4.78, 5) is 0. The van der Waals surface area contributed by atoms with Gasteiger partial charge in [0.1, 0.15) is 0 Å². The van der Waals surface area contributed by atoms with Gasteiger partial charge in [-0.25, -0.2) is 0 Å². The number of quaternary nitrogens is 1. The third-order valence-corrected chi connectivity index (χ3v) is 6.13. The molecule has 0 radical (unpaired) electrons. The van der Waals surface area contributed by atoms with Crippen LogP contribution in [0.2, 0.25) is 0 Å². The van der Waals surface area contributed by atoms with Crippen molar-refractivity contribution in [3.63, 3.8) is 0 Å². The normalized spacial score (nSPS) is 30.9. The first-order chi connectivity index (χ1) is 13.0. The van der Waals surface area contributed by atoms with Crippen molar-refractivity contribution in [1.82, 2.24) is 0 Å². The van der Waals surface area contributed by atoms with Crippen LogP contribution in [0.5, 0.6) is 17.2 Å². The molecule has 2 aliphatic rings. The highest BCUT2D eigenvalue weighted by molar-refractivity contribution is 5.54. The van der Waals surface area contributed by atoms with Crippen LogP contribution < -0.4 is 14.2 Å². The number of ether oxygens (including phenoxy) is 5. The zero-order chi connectivity index (χ0) is 19.4. The first kappa shape index (κ1) is 20.2. The van der Waals surface area contributed by atoms with E-state index in [4.69, 9.17) is 23.7 Å². The second kappa shape index (κ2) is 8.67. The molecule has 6 heteroatoms. The third-order valence-electron chi connectivity index (χ3n) is 6.13. The van der Waals surface area contributed by atoms with E-state index in [1.807, 2.05) is 12.1 Å².